The van der Waals surface area contributed by atoms with Crippen molar-refractivity contribution in [2.45, 2.75) is 20.0 Å². The summed E-state index contributed by atoms with van der Waals surface area (Å²) >= 11 is 3.36. The first-order valence-electron chi connectivity index (χ1n) is 5.85. The average Bonchev–Trinajstić information content (AvgIpc) is 2.28. The van der Waals surface area contributed by atoms with Crippen LogP contribution in [0.4, 0.5) is 0 Å². The van der Waals surface area contributed by atoms with Gasteiger partial charge in [-0.05, 0) is 36.7 Å². The lowest BCUT2D eigenvalue weighted by Crippen LogP contribution is -2.33. The van der Waals surface area contributed by atoms with Crippen molar-refractivity contribution in [2.75, 3.05) is 19.7 Å². The SMILES string of the molecule is CC(C)CNC[C@H](O)COc1ccc(Br)cc1. The molecular weight excluding hydrogens is 282 g/mol. The molecule has 0 amide bonds. The summed E-state index contributed by atoms with van der Waals surface area (Å²) in [6.45, 7) is 6.06. The second kappa shape index (κ2) is 7.69. The summed E-state index contributed by atoms with van der Waals surface area (Å²) in [5, 5.41) is 12.9. The number of hydrogen-bond donors (Lipinski definition) is 2. The monoisotopic (exact) mass is 301 g/mol. The number of nitrogens with one attached hydrogen (secondary N) is 1. The average molecular weight is 302 g/mol. The summed E-state index contributed by atoms with van der Waals surface area (Å²) < 4.78 is 6.49. The minimum absolute atomic E-state index is 0.312. The van der Waals surface area contributed by atoms with Crippen LogP contribution in [0.15, 0.2) is 28.7 Å². The van der Waals surface area contributed by atoms with Gasteiger partial charge in [0.15, 0.2) is 0 Å². The zero-order valence-electron chi connectivity index (χ0n) is 10.3. The van der Waals surface area contributed by atoms with Gasteiger partial charge >= 0.3 is 0 Å². The highest BCUT2D eigenvalue weighted by Gasteiger charge is 2.05. The van der Waals surface area contributed by atoms with Crippen LogP contribution in [0.25, 0.3) is 0 Å². The molecule has 0 spiro atoms. The second-order valence-corrected chi connectivity index (χ2v) is 5.39. The summed E-state index contributed by atoms with van der Waals surface area (Å²) in [6.07, 6.45) is -0.475. The molecule has 0 unspecified atom stereocenters. The van der Waals surface area contributed by atoms with Crippen LogP contribution in [0.1, 0.15) is 13.8 Å². The fraction of sp³-hybridized carbons (Fsp3) is 0.538. The molecule has 4 heteroatoms. The summed E-state index contributed by atoms with van der Waals surface area (Å²) in [5.74, 6) is 1.37. The lowest BCUT2D eigenvalue weighted by molar-refractivity contribution is 0.106. The van der Waals surface area contributed by atoms with Crippen LogP contribution in [-0.2, 0) is 0 Å². The summed E-state index contributed by atoms with van der Waals surface area (Å²) in [6, 6.07) is 7.58. The third kappa shape index (κ3) is 6.66. The second-order valence-electron chi connectivity index (χ2n) is 4.47. The summed E-state index contributed by atoms with van der Waals surface area (Å²) in [7, 11) is 0. The third-order valence-corrected chi connectivity index (χ3v) is 2.72. The van der Waals surface area contributed by atoms with Crippen molar-refractivity contribution in [3.63, 3.8) is 0 Å². The van der Waals surface area contributed by atoms with E-state index in [1.165, 1.54) is 0 Å². The molecule has 0 fully saturated rings. The van der Waals surface area contributed by atoms with Gasteiger partial charge in [0.25, 0.3) is 0 Å². The molecule has 0 aliphatic heterocycles. The molecule has 96 valence electrons. The van der Waals surface area contributed by atoms with Gasteiger partial charge in [-0.3, -0.25) is 0 Å². The Morgan fingerprint density at radius 3 is 2.47 bits per heavy atom. The molecule has 0 radical (unpaired) electrons. The van der Waals surface area contributed by atoms with Gasteiger partial charge in [-0.2, -0.15) is 0 Å². The molecule has 0 aliphatic carbocycles. The topological polar surface area (TPSA) is 41.5 Å². The molecule has 0 aromatic heterocycles. The number of hydrogen-bond acceptors (Lipinski definition) is 3. The van der Waals surface area contributed by atoms with Crippen molar-refractivity contribution >= 4 is 15.9 Å². The molecule has 17 heavy (non-hydrogen) atoms. The van der Waals surface area contributed by atoms with Gasteiger partial charge in [0.05, 0.1) is 0 Å². The molecule has 1 rings (SSSR count). The van der Waals surface area contributed by atoms with E-state index in [2.05, 4.69) is 35.1 Å². The van der Waals surface area contributed by atoms with Crippen molar-refractivity contribution < 1.29 is 9.84 Å². The van der Waals surface area contributed by atoms with E-state index < -0.39 is 6.10 Å². The van der Waals surface area contributed by atoms with Crippen LogP contribution in [0.2, 0.25) is 0 Å². The molecule has 2 N–H and O–H groups in total. The van der Waals surface area contributed by atoms with Crippen LogP contribution >= 0.6 is 15.9 Å². The molecule has 0 heterocycles. The highest BCUT2D eigenvalue weighted by Crippen LogP contribution is 2.16. The Morgan fingerprint density at radius 1 is 1.24 bits per heavy atom. The summed E-state index contributed by atoms with van der Waals surface area (Å²) in [5.41, 5.74) is 0. The Kier molecular flexibility index (Phi) is 6.55. The third-order valence-electron chi connectivity index (χ3n) is 2.19. The molecule has 0 saturated heterocycles. The molecular formula is C13H20BrNO2. The number of rotatable bonds is 7. The van der Waals surface area contributed by atoms with Gasteiger partial charge in [-0.15, -0.1) is 0 Å². The van der Waals surface area contributed by atoms with Crippen molar-refractivity contribution in [1.29, 1.82) is 0 Å². The van der Waals surface area contributed by atoms with E-state index in [0.717, 1.165) is 16.8 Å². The molecule has 1 aromatic carbocycles. The maximum absolute atomic E-state index is 9.68. The van der Waals surface area contributed by atoms with Crippen LogP contribution in [-0.4, -0.2) is 30.9 Å². The fourth-order valence-electron chi connectivity index (χ4n) is 1.32. The molecule has 0 aliphatic rings. The van der Waals surface area contributed by atoms with Crippen molar-refractivity contribution in [1.82, 2.24) is 5.32 Å². The number of aliphatic hydroxyl groups excluding tert-OH is 1. The van der Waals surface area contributed by atoms with E-state index in [4.69, 9.17) is 4.74 Å². The first kappa shape index (κ1) is 14.5. The molecule has 0 bridgehead atoms. The quantitative estimate of drug-likeness (QED) is 0.813. The highest BCUT2D eigenvalue weighted by atomic mass is 79.9. The minimum Gasteiger partial charge on any atom is -0.491 e. The Bertz CT molecular complexity index is 314. The zero-order valence-corrected chi connectivity index (χ0v) is 11.9. The van der Waals surface area contributed by atoms with E-state index in [1.807, 2.05) is 24.3 Å². The summed E-state index contributed by atoms with van der Waals surface area (Å²) in [4.78, 5) is 0. The van der Waals surface area contributed by atoms with E-state index in [9.17, 15) is 5.11 Å². The Balaban J connectivity index is 2.19. The fourth-order valence-corrected chi connectivity index (χ4v) is 1.59. The van der Waals surface area contributed by atoms with E-state index in [-0.39, 0.29) is 0 Å². The van der Waals surface area contributed by atoms with Gasteiger partial charge in [-0.1, -0.05) is 29.8 Å². The lowest BCUT2D eigenvalue weighted by atomic mass is 10.2. The van der Waals surface area contributed by atoms with Crippen molar-refractivity contribution in [2.24, 2.45) is 5.92 Å². The van der Waals surface area contributed by atoms with Crippen LogP contribution in [0, 0.1) is 5.92 Å². The van der Waals surface area contributed by atoms with E-state index in [0.29, 0.717) is 19.1 Å². The first-order chi connectivity index (χ1) is 8.08. The Morgan fingerprint density at radius 2 is 1.88 bits per heavy atom. The minimum atomic E-state index is -0.475. The lowest BCUT2D eigenvalue weighted by Gasteiger charge is -2.14. The molecule has 1 atom stereocenters. The normalized spacial score (nSPS) is 12.8. The van der Waals surface area contributed by atoms with Crippen LogP contribution in [0.3, 0.4) is 0 Å². The number of aliphatic hydroxyl groups is 1. The van der Waals surface area contributed by atoms with E-state index >= 15 is 0 Å². The van der Waals surface area contributed by atoms with Gasteiger partial charge < -0.3 is 15.2 Å². The standard InChI is InChI=1S/C13H20BrNO2/c1-10(2)7-15-8-12(16)9-17-13-5-3-11(14)4-6-13/h3-6,10,12,15-16H,7-9H2,1-2H3/t12-/m0/s1. The van der Waals surface area contributed by atoms with Gasteiger partial charge in [-0.25, -0.2) is 0 Å². The van der Waals surface area contributed by atoms with Gasteiger partial charge in [0, 0.05) is 11.0 Å². The maximum Gasteiger partial charge on any atom is 0.119 e. The molecule has 1 aromatic rings. The highest BCUT2D eigenvalue weighted by molar-refractivity contribution is 9.10. The first-order valence-corrected chi connectivity index (χ1v) is 6.64. The number of benzene rings is 1. The van der Waals surface area contributed by atoms with E-state index in [1.54, 1.807) is 0 Å². The van der Waals surface area contributed by atoms with Crippen LogP contribution in [0.5, 0.6) is 5.75 Å². The van der Waals surface area contributed by atoms with Crippen molar-refractivity contribution in [3.05, 3.63) is 28.7 Å². The van der Waals surface area contributed by atoms with Gasteiger partial charge in [0.2, 0.25) is 0 Å². The van der Waals surface area contributed by atoms with Crippen molar-refractivity contribution in [3.8, 4) is 5.75 Å². The number of ether oxygens (including phenoxy) is 1. The molecule has 3 nitrogen and oxygen atoms in total. The molecule has 0 saturated carbocycles. The Labute approximate surface area is 111 Å². The number of halogens is 1. The Hall–Kier alpha value is -0.580. The predicted octanol–water partition coefficient (Wildman–Crippen LogP) is 2.43. The van der Waals surface area contributed by atoms with Gasteiger partial charge in [0.1, 0.15) is 18.5 Å². The smallest absolute Gasteiger partial charge is 0.119 e. The van der Waals surface area contributed by atoms with Crippen LogP contribution < -0.4 is 10.1 Å². The predicted molar refractivity (Wildman–Crippen MR) is 73.4 cm³/mol. The zero-order chi connectivity index (χ0) is 12.7. The maximum atomic E-state index is 9.68. The largest absolute Gasteiger partial charge is 0.491 e.